The number of aromatic hydroxyl groups is 1. The molecule has 0 radical (unpaired) electrons. The average Bonchev–Trinajstić information content (AvgIpc) is 3.51. The third kappa shape index (κ3) is 3.67. The highest BCUT2D eigenvalue weighted by molar-refractivity contribution is 5.86. The molecule has 0 amide bonds. The number of phenolic OH excluding ortho intramolecular Hbond substituents is 1. The zero-order valence-electron chi connectivity index (χ0n) is 19.2. The molecule has 0 bridgehead atoms. The van der Waals surface area contributed by atoms with E-state index in [1.807, 2.05) is 35.2 Å². The van der Waals surface area contributed by atoms with Crippen LogP contribution >= 0.6 is 0 Å². The summed E-state index contributed by atoms with van der Waals surface area (Å²) in [7, 11) is 0. The first kappa shape index (κ1) is 20.7. The highest BCUT2D eigenvalue weighted by Crippen LogP contribution is 2.32. The molecule has 2 aliphatic rings. The first-order valence-electron chi connectivity index (χ1n) is 11.9. The van der Waals surface area contributed by atoms with E-state index in [1.165, 1.54) is 6.42 Å². The van der Waals surface area contributed by atoms with Gasteiger partial charge >= 0.3 is 0 Å². The van der Waals surface area contributed by atoms with E-state index >= 15 is 0 Å². The summed E-state index contributed by atoms with van der Waals surface area (Å²) in [6.07, 6.45) is 7.74. The van der Waals surface area contributed by atoms with Crippen molar-refractivity contribution in [3.05, 3.63) is 55.1 Å². The molecule has 0 saturated carbocycles. The van der Waals surface area contributed by atoms with E-state index in [1.54, 1.807) is 24.5 Å². The predicted molar refractivity (Wildman–Crippen MR) is 133 cm³/mol. The van der Waals surface area contributed by atoms with Crippen molar-refractivity contribution in [3.63, 3.8) is 0 Å². The number of piperazine rings is 1. The Morgan fingerprint density at radius 3 is 2.29 bits per heavy atom. The van der Waals surface area contributed by atoms with Gasteiger partial charge in [0.05, 0.1) is 5.69 Å². The lowest BCUT2D eigenvalue weighted by Gasteiger charge is -2.36. The lowest BCUT2D eigenvalue weighted by atomic mass is 10.2. The van der Waals surface area contributed by atoms with Gasteiger partial charge < -0.3 is 19.8 Å². The maximum atomic E-state index is 9.60. The van der Waals surface area contributed by atoms with E-state index in [9.17, 15) is 5.11 Å². The fraction of sp³-hybridized carbons (Fsp3) is 0.360. The molecule has 6 rings (SSSR count). The minimum absolute atomic E-state index is 0.290. The van der Waals surface area contributed by atoms with Crippen LogP contribution in [-0.4, -0.2) is 68.4 Å². The van der Waals surface area contributed by atoms with Gasteiger partial charge in [-0.1, -0.05) is 0 Å². The van der Waals surface area contributed by atoms with Gasteiger partial charge in [0.15, 0.2) is 17.0 Å². The Labute approximate surface area is 198 Å². The van der Waals surface area contributed by atoms with Gasteiger partial charge in [-0.05, 0) is 56.2 Å². The largest absolute Gasteiger partial charge is 0.508 e. The second kappa shape index (κ2) is 8.48. The number of fused-ring (bicyclic) bond motifs is 1. The van der Waals surface area contributed by atoms with Crippen molar-refractivity contribution in [2.75, 3.05) is 47.4 Å². The van der Waals surface area contributed by atoms with Crippen molar-refractivity contribution in [1.29, 1.82) is 0 Å². The van der Waals surface area contributed by atoms with Crippen LogP contribution in [0.2, 0.25) is 0 Å². The Hall–Kier alpha value is -3.88. The minimum atomic E-state index is 0.290. The SMILES string of the molecule is CC1CCCN1c1nc(N2CCN(c3ccc(O)cc3)CC2)nc2c1ncn2-c1ccncc1. The number of aromatic nitrogens is 5. The molecular weight excluding hydrogens is 428 g/mol. The summed E-state index contributed by atoms with van der Waals surface area (Å²) in [5, 5.41) is 9.60. The minimum Gasteiger partial charge on any atom is -0.508 e. The number of phenols is 1. The van der Waals surface area contributed by atoms with Crippen molar-refractivity contribution in [2.24, 2.45) is 0 Å². The summed E-state index contributed by atoms with van der Waals surface area (Å²) < 4.78 is 2.03. The number of pyridine rings is 1. The third-order valence-electron chi connectivity index (χ3n) is 6.91. The van der Waals surface area contributed by atoms with E-state index in [0.29, 0.717) is 11.8 Å². The highest BCUT2D eigenvalue weighted by atomic mass is 16.3. The van der Waals surface area contributed by atoms with Crippen LogP contribution in [-0.2, 0) is 0 Å². The lowest BCUT2D eigenvalue weighted by Crippen LogP contribution is -2.47. The normalized spacial score (nSPS) is 18.7. The molecule has 2 aliphatic heterocycles. The van der Waals surface area contributed by atoms with Crippen molar-refractivity contribution >= 4 is 28.6 Å². The molecule has 2 saturated heterocycles. The van der Waals surface area contributed by atoms with Crippen LogP contribution in [0.5, 0.6) is 5.75 Å². The second-order valence-electron chi connectivity index (χ2n) is 9.01. The molecule has 9 heteroatoms. The van der Waals surface area contributed by atoms with E-state index in [-0.39, 0.29) is 0 Å². The molecule has 1 atom stereocenters. The standard InChI is InChI=1S/C25H28N8O/c1-18-3-2-12-32(18)23-22-24(33(17-27-22)20-8-10-26-11-9-20)29-25(28-23)31-15-13-30(14-16-31)19-4-6-21(34)7-5-19/h4-11,17-18,34H,2-3,12-16H2,1H3. The smallest absolute Gasteiger partial charge is 0.229 e. The summed E-state index contributed by atoms with van der Waals surface area (Å²) in [6.45, 7) is 6.63. The van der Waals surface area contributed by atoms with Gasteiger partial charge in [-0.3, -0.25) is 9.55 Å². The molecule has 0 aliphatic carbocycles. The fourth-order valence-electron chi connectivity index (χ4n) is 4.99. The Morgan fingerprint density at radius 2 is 1.59 bits per heavy atom. The zero-order chi connectivity index (χ0) is 23.1. The van der Waals surface area contributed by atoms with E-state index < -0.39 is 0 Å². The molecule has 34 heavy (non-hydrogen) atoms. The van der Waals surface area contributed by atoms with Gasteiger partial charge in [-0.2, -0.15) is 9.97 Å². The monoisotopic (exact) mass is 456 g/mol. The van der Waals surface area contributed by atoms with Crippen LogP contribution < -0.4 is 14.7 Å². The van der Waals surface area contributed by atoms with Crippen molar-refractivity contribution < 1.29 is 5.11 Å². The quantitative estimate of drug-likeness (QED) is 0.501. The van der Waals surface area contributed by atoms with Gasteiger partial charge in [0.25, 0.3) is 0 Å². The van der Waals surface area contributed by atoms with Crippen LogP contribution in [0.15, 0.2) is 55.1 Å². The molecule has 1 N–H and O–H groups in total. The number of rotatable bonds is 4. The average molecular weight is 457 g/mol. The van der Waals surface area contributed by atoms with Crippen molar-refractivity contribution in [3.8, 4) is 11.4 Å². The van der Waals surface area contributed by atoms with Crippen LogP contribution in [0.3, 0.4) is 0 Å². The number of hydrogen-bond donors (Lipinski definition) is 1. The van der Waals surface area contributed by atoms with Gasteiger partial charge in [0.1, 0.15) is 12.1 Å². The zero-order valence-corrected chi connectivity index (χ0v) is 19.2. The molecule has 3 aromatic heterocycles. The first-order chi connectivity index (χ1) is 16.7. The fourth-order valence-corrected chi connectivity index (χ4v) is 4.99. The Balaban J connectivity index is 1.36. The van der Waals surface area contributed by atoms with Crippen LogP contribution in [0.1, 0.15) is 19.8 Å². The maximum Gasteiger partial charge on any atom is 0.229 e. The van der Waals surface area contributed by atoms with Crippen LogP contribution in [0.25, 0.3) is 16.9 Å². The number of hydrogen-bond acceptors (Lipinski definition) is 8. The van der Waals surface area contributed by atoms with Gasteiger partial charge in [-0.15, -0.1) is 0 Å². The van der Waals surface area contributed by atoms with E-state index in [2.05, 4.69) is 26.6 Å². The van der Waals surface area contributed by atoms with Gasteiger partial charge in [0, 0.05) is 56.8 Å². The van der Waals surface area contributed by atoms with Crippen molar-refractivity contribution in [1.82, 2.24) is 24.5 Å². The van der Waals surface area contributed by atoms with Gasteiger partial charge in [-0.25, -0.2) is 4.98 Å². The van der Waals surface area contributed by atoms with Crippen LogP contribution in [0.4, 0.5) is 17.5 Å². The highest BCUT2D eigenvalue weighted by Gasteiger charge is 2.28. The number of imidazole rings is 1. The topological polar surface area (TPSA) is 86.4 Å². The molecule has 4 aromatic rings. The molecular formula is C25H28N8O. The molecule has 174 valence electrons. The third-order valence-corrected chi connectivity index (χ3v) is 6.91. The second-order valence-corrected chi connectivity index (χ2v) is 9.01. The number of nitrogens with zero attached hydrogens (tertiary/aromatic N) is 8. The molecule has 5 heterocycles. The van der Waals surface area contributed by atoms with E-state index in [4.69, 9.17) is 15.0 Å². The van der Waals surface area contributed by atoms with E-state index in [0.717, 1.165) is 73.4 Å². The summed E-state index contributed by atoms with van der Waals surface area (Å²) in [6, 6.07) is 11.8. The predicted octanol–water partition coefficient (Wildman–Crippen LogP) is 3.23. The Bertz CT molecular complexity index is 1280. The summed E-state index contributed by atoms with van der Waals surface area (Å²) in [5.74, 6) is 1.97. The summed E-state index contributed by atoms with van der Waals surface area (Å²) in [4.78, 5) is 26.0. The molecule has 1 unspecified atom stereocenters. The maximum absolute atomic E-state index is 9.60. The molecule has 1 aromatic carbocycles. The Kier molecular flexibility index (Phi) is 5.16. The number of benzene rings is 1. The number of anilines is 3. The van der Waals surface area contributed by atoms with Gasteiger partial charge in [0.2, 0.25) is 5.95 Å². The molecule has 2 fully saturated rings. The van der Waals surface area contributed by atoms with Crippen molar-refractivity contribution in [2.45, 2.75) is 25.8 Å². The molecule has 9 nitrogen and oxygen atoms in total. The summed E-state index contributed by atoms with van der Waals surface area (Å²) >= 11 is 0. The Morgan fingerprint density at radius 1 is 0.853 bits per heavy atom. The molecule has 0 spiro atoms. The van der Waals surface area contributed by atoms with Crippen LogP contribution in [0, 0.1) is 0 Å². The lowest BCUT2D eigenvalue weighted by molar-refractivity contribution is 0.475. The first-order valence-corrected chi connectivity index (χ1v) is 11.9. The summed E-state index contributed by atoms with van der Waals surface area (Å²) in [5.41, 5.74) is 3.78.